The van der Waals surface area contributed by atoms with Crippen molar-refractivity contribution in [2.75, 3.05) is 5.32 Å². The average molecular weight is 271 g/mol. The van der Waals surface area contributed by atoms with Crippen LogP contribution >= 0.6 is 33.8 Å². The van der Waals surface area contributed by atoms with E-state index in [1.54, 1.807) is 10.8 Å². The highest BCUT2D eigenvalue weighted by Gasteiger charge is 2.13. The highest BCUT2D eigenvalue weighted by molar-refractivity contribution is 8.77. The lowest BCUT2D eigenvalue weighted by molar-refractivity contribution is 0.810. The molecule has 0 aliphatic heterocycles. The Kier molecular flexibility index (Phi) is 5.15. The van der Waals surface area contributed by atoms with Crippen molar-refractivity contribution in [2.45, 2.75) is 37.3 Å². The zero-order valence-electron chi connectivity index (χ0n) is 10.0. The Morgan fingerprint density at radius 3 is 2.44 bits per heavy atom. The van der Waals surface area contributed by atoms with Crippen LogP contribution in [0.4, 0.5) is 5.69 Å². The van der Waals surface area contributed by atoms with Crippen LogP contribution in [0.2, 0.25) is 0 Å². The molecule has 0 saturated heterocycles. The van der Waals surface area contributed by atoms with Gasteiger partial charge >= 0.3 is 0 Å². The summed E-state index contributed by atoms with van der Waals surface area (Å²) in [5.41, 5.74) is 1.09. The molecule has 0 atom stereocenters. The summed E-state index contributed by atoms with van der Waals surface area (Å²) in [6.07, 6.45) is 0. The predicted octanol–water partition coefficient (Wildman–Crippen LogP) is 4.98. The second-order valence-electron chi connectivity index (χ2n) is 4.46. The van der Waals surface area contributed by atoms with Crippen LogP contribution in [0.5, 0.6) is 0 Å². The normalized spacial score (nSPS) is 11.2. The molecular weight excluding hydrogens is 254 g/mol. The second kappa shape index (κ2) is 5.94. The third kappa shape index (κ3) is 5.23. The molecule has 0 radical (unpaired) electrons. The van der Waals surface area contributed by atoms with Gasteiger partial charge in [-0.05, 0) is 19.1 Å². The monoisotopic (exact) mass is 271 g/mol. The van der Waals surface area contributed by atoms with E-state index in [0.717, 1.165) is 10.7 Å². The predicted molar refractivity (Wildman–Crippen MR) is 81.5 cm³/mol. The van der Waals surface area contributed by atoms with Crippen LogP contribution in [0.1, 0.15) is 27.7 Å². The van der Waals surface area contributed by atoms with Gasteiger partial charge in [-0.1, -0.05) is 66.7 Å². The molecule has 1 nitrogen and oxygen atoms in total. The van der Waals surface area contributed by atoms with E-state index in [2.05, 4.69) is 44.3 Å². The molecule has 88 valence electrons. The van der Waals surface area contributed by atoms with Gasteiger partial charge in [-0.15, -0.1) is 0 Å². The fourth-order valence-corrected chi connectivity index (χ4v) is 3.25. The van der Waals surface area contributed by atoms with Gasteiger partial charge < -0.3 is 5.32 Å². The summed E-state index contributed by atoms with van der Waals surface area (Å²) < 4.78 is 0.254. The van der Waals surface area contributed by atoms with E-state index in [-0.39, 0.29) is 4.75 Å². The maximum Gasteiger partial charge on any atom is 0.0766 e. The van der Waals surface area contributed by atoms with Gasteiger partial charge in [0.15, 0.2) is 0 Å². The SMILES string of the molecule is CC(=S)Nc1ccccc1SSC(C)(C)C. The number of rotatable bonds is 3. The van der Waals surface area contributed by atoms with E-state index in [1.165, 1.54) is 4.90 Å². The molecule has 0 saturated carbocycles. The van der Waals surface area contributed by atoms with E-state index in [4.69, 9.17) is 12.2 Å². The molecule has 0 bridgehead atoms. The number of benzene rings is 1. The Bertz CT molecular complexity index is 369. The van der Waals surface area contributed by atoms with Crippen molar-refractivity contribution in [1.82, 2.24) is 0 Å². The largest absolute Gasteiger partial charge is 0.349 e. The van der Waals surface area contributed by atoms with Gasteiger partial charge in [-0.3, -0.25) is 0 Å². The molecule has 1 aromatic rings. The molecular formula is C12H17NS3. The smallest absolute Gasteiger partial charge is 0.0766 e. The van der Waals surface area contributed by atoms with Crippen molar-refractivity contribution in [3.05, 3.63) is 24.3 Å². The molecule has 1 aromatic carbocycles. The summed E-state index contributed by atoms with van der Waals surface area (Å²) in [5.74, 6) is 0. The maximum absolute atomic E-state index is 5.07. The molecule has 1 rings (SSSR count). The molecule has 0 aliphatic rings. The average Bonchev–Trinajstić information content (AvgIpc) is 2.14. The highest BCUT2D eigenvalue weighted by Crippen LogP contribution is 2.43. The van der Waals surface area contributed by atoms with Gasteiger partial charge in [0.1, 0.15) is 0 Å². The fraction of sp³-hybridized carbons (Fsp3) is 0.417. The summed E-state index contributed by atoms with van der Waals surface area (Å²) in [5, 5.41) is 3.21. The van der Waals surface area contributed by atoms with Crippen molar-refractivity contribution in [3.8, 4) is 0 Å². The highest BCUT2D eigenvalue weighted by atomic mass is 33.1. The van der Waals surface area contributed by atoms with E-state index >= 15 is 0 Å². The zero-order valence-corrected chi connectivity index (χ0v) is 12.5. The van der Waals surface area contributed by atoms with E-state index in [1.807, 2.05) is 23.8 Å². The Hall–Kier alpha value is -0.190. The molecule has 16 heavy (non-hydrogen) atoms. The third-order valence-corrected chi connectivity index (χ3v) is 5.09. The van der Waals surface area contributed by atoms with Gasteiger partial charge in [0.05, 0.1) is 10.7 Å². The van der Waals surface area contributed by atoms with E-state index in [0.29, 0.717) is 0 Å². The minimum Gasteiger partial charge on any atom is -0.349 e. The lowest BCUT2D eigenvalue weighted by Crippen LogP contribution is -2.06. The maximum atomic E-state index is 5.07. The van der Waals surface area contributed by atoms with Gasteiger partial charge in [0.2, 0.25) is 0 Å². The summed E-state index contributed by atoms with van der Waals surface area (Å²) >= 11 is 5.07. The Balaban J connectivity index is 2.75. The molecule has 0 unspecified atom stereocenters. The number of hydrogen-bond acceptors (Lipinski definition) is 3. The first kappa shape index (κ1) is 13.9. The number of para-hydroxylation sites is 1. The number of thiocarbonyl (C=S) groups is 1. The molecule has 4 heteroatoms. The minimum absolute atomic E-state index is 0.254. The van der Waals surface area contributed by atoms with Crippen LogP contribution in [0, 0.1) is 0 Å². The zero-order chi connectivity index (χ0) is 12.2. The van der Waals surface area contributed by atoms with Gasteiger partial charge in [-0.25, -0.2) is 0 Å². The van der Waals surface area contributed by atoms with E-state index in [9.17, 15) is 0 Å². The molecule has 0 aliphatic carbocycles. The van der Waals surface area contributed by atoms with Crippen LogP contribution in [-0.4, -0.2) is 9.74 Å². The first-order chi connectivity index (χ1) is 7.38. The van der Waals surface area contributed by atoms with E-state index < -0.39 is 0 Å². The summed E-state index contributed by atoms with van der Waals surface area (Å²) in [4.78, 5) is 2.03. The standard InChI is InChI=1S/C12H17NS3/c1-9(14)13-10-7-5-6-8-11(10)15-16-12(2,3)4/h5-8H,1-4H3,(H,13,14). The molecule has 1 N–H and O–H groups in total. The van der Waals surface area contributed by atoms with Gasteiger partial charge in [0.25, 0.3) is 0 Å². The number of hydrogen-bond donors (Lipinski definition) is 1. The summed E-state index contributed by atoms with van der Waals surface area (Å²) in [7, 11) is 3.65. The molecule has 0 aromatic heterocycles. The van der Waals surface area contributed by atoms with Crippen LogP contribution in [-0.2, 0) is 0 Å². The van der Waals surface area contributed by atoms with Crippen molar-refractivity contribution >= 4 is 44.5 Å². The van der Waals surface area contributed by atoms with Crippen LogP contribution < -0.4 is 5.32 Å². The van der Waals surface area contributed by atoms with Gasteiger partial charge in [0, 0.05) is 9.64 Å². The lowest BCUT2D eigenvalue weighted by atomic mass is 10.3. The number of nitrogens with one attached hydrogen (secondary N) is 1. The van der Waals surface area contributed by atoms with Crippen molar-refractivity contribution in [3.63, 3.8) is 0 Å². The topological polar surface area (TPSA) is 12.0 Å². The van der Waals surface area contributed by atoms with Crippen molar-refractivity contribution in [1.29, 1.82) is 0 Å². The van der Waals surface area contributed by atoms with Crippen LogP contribution in [0.15, 0.2) is 29.2 Å². The third-order valence-electron chi connectivity index (χ3n) is 1.58. The Labute approximate surface area is 111 Å². The van der Waals surface area contributed by atoms with Crippen molar-refractivity contribution in [2.24, 2.45) is 0 Å². The molecule has 0 spiro atoms. The number of anilines is 1. The second-order valence-corrected chi connectivity index (χ2v) is 8.07. The molecule has 0 heterocycles. The van der Waals surface area contributed by atoms with Crippen LogP contribution in [0.3, 0.4) is 0 Å². The summed E-state index contributed by atoms with van der Waals surface area (Å²) in [6, 6.07) is 8.24. The Morgan fingerprint density at radius 2 is 1.88 bits per heavy atom. The van der Waals surface area contributed by atoms with Crippen LogP contribution in [0.25, 0.3) is 0 Å². The fourth-order valence-electron chi connectivity index (χ4n) is 1.00. The lowest BCUT2D eigenvalue weighted by Gasteiger charge is -2.17. The quantitative estimate of drug-likeness (QED) is 0.614. The Morgan fingerprint density at radius 1 is 1.25 bits per heavy atom. The summed E-state index contributed by atoms with van der Waals surface area (Å²) in [6.45, 7) is 8.54. The molecule has 0 amide bonds. The first-order valence-corrected chi connectivity index (χ1v) is 7.66. The first-order valence-electron chi connectivity index (χ1n) is 5.11. The molecule has 0 fully saturated rings. The van der Waals surface area contributed by atoms with Crippen molar-refractivity contribution < 1.29 is 0 Å². The minimum atomic E-state index is 0.254. The van der Waals surface area contributed by atoms with Gasteiger partial charge in [-0.2, -0.15) is 0 Å².